The van der Waals surface area contributed by atoms with Crippen molar-refractivity contribution in [2.75, 3.05) is 17.2 Å². The van der Waals surface area contributed by atoms with E-state index in [0.717, 1.165) is 0 Å². The van der Waals surface area contributed by atoms with Gasteiger partial charge in [-0.25, -0.2) is 4.79 Å². The zero-order valence-corrected chi connectivity index (χ0v) is 11.1. The van der Waals surface area contributed by atoms with Crippen LogP contribution < -0.4 is 16.4 Å². The molecule has 1 aromatic rings. The largest absolute Gasteiger partial charge is 0.450 e. The summed E-state index contributed by atoms with van der Waals surface area (Å²) in [5.41, 5.74) is 6.83. The van der Waals surface area contributed by atoms with Gasteiger partial charge in [0.25, 0.3) is 0 Å². The maximum Gasteiger partial charge on any atom is 0.411 e. The van der Waals surface area contributed by atoms with Crippen LogP contribution in [0.25, 0.3) is 0 Å². The Hall–Kier alpha value is -2.08. The van der Waals surface area contributed by atoms with E-state index in [-0.39, 0.29) is 5.91 Å². The number of hydrogen-bond acceptors (Lipinski definition) is 4. The molecule has 0 unspecified atom stereocenters. The van der Waals surface area contributed by atoms with Gasteiger partial charge < -0.3 is 15.8 Å². The topological polar surface area (TPSA) is 93.5 Å². The monoisotopic (exact) mass is 265 g/mol. The van der Waals surface area contributed by atoms with Crippen molar-refractivity contribution in [2.45, 2.75) is 26.3 Å². The van der Waals surface area contributed by atoms with E-state index in [0.29, 0.717) is 24.4 Å². The highest BCUT2D eigenvalue weighted by molar-refractivity contribution is 5.95. The molecule has 2 amide bonds. The molecule has 0 aliphatic carbocycles. The molecule has 0 saturated heterocycles. The first-order chi connectivity index (χ1) is 9.06. The molecule has 0 heterocycles. The maximum absolute atomic E-state index is 11.6. The summed E-state index contributed by atoms with van der Waals surface area (Å²) in [5.74, 6) is -0.228. The average Bonchev–Trinajstić information content (AvgIpc) is 2.40. The third kappa shape index (κ3) is 4.97. The number of rotatable bonds is 5. The van der Waals surface area contributed by atoms with E-state index in [1.165, 1.54) is 0 Å². The Morgan fingerprint density at radius 3 is 2.16 bits per heavy atom. The second-order valence-electron chi connectivity index (χ2n) is 3.93. The van der Waals surface area contributed by atoms with Crippen molar-refractivity contribution >= 4 is 23.4 Å². The van der Waals surface area contributed by atoms with Crippen molar-refractivity contribution in [3.8, 4) is 0 Å². The number of benzene rings is 1. The SMILES string of the molecule is CCOC(=O)Nc1ccc(NC(=O)[C@@H](N)CC)cc1. The molecular weight excluding hydrogens is 246 g/mol. The predicted octanol–water partition coefficient (Wildman–Crippen LogP) is 1.93. The summed E-state index contributed by atoms with van der Waals surface area (Å²) in [4.78, 5) is 22.7. The Balaban J connectivity index is 2.56. The van der Waals surface area contributed by atoms with Gasteiger partial charge in [-0.1, -0.05) is 6.92 Å². The summed E-state index contributed by atoms with van der Waals surface area (Å²) in [6.45, 7) is 3.89. The summed E-state index contributed by atoms with van der Waals surface area (Å²) in [6.07, 6.45) is 0.0706. The van der Waals surface area contributed by atoms with E-state index in [9.17, 15) is 9.59 Å². The summed E-state index contributed by atoms with van der Waals surface area (Å²) in [5, 5.41) is 5.25. The van der Waals surface area contributed by atoms with E-state index in [4.69, 9.17) is 10.5 Å². The Bertz CT molecular complexity index is 431. The first-order valence-electron chi connectivity index (χ1n) is 6.17. The van der Waals surface area contributed by atoms with Gasteiger partial charge >= 0.3 is 6.09 Å². The van der Waals surface area contributed by atoms with Crippen LogP contribution in [0, 0.1) is 0 Å². The fourth-order valence-electron chi connectivity index (χ4n) is 1.34. The molecule has 6 heteroatoms. The van der Waals surface area contributed by atoms with Crippen LogP contribution >= 0.6 is 0 Å². The molecule has 104 valence electrons. The zero-order valence-electron chi connectivity index (χ0n) is 11.1. The zero-order chi connectivity index (χ0) is 14.3. The lowest BCUT2D eigenvalue weighted by atomic mass is 10.2. The lowest BCUT2D eigenvalue weighted by Crippen LogP contribution is -2.34. The van der Waals surface area contributed by atoms with Crippen molar-refractivity contribution in [2.24, 2.45) is 5.73 Å². The fourth-order valence-corrected chi connectivity index (χ4v) is 1.34. The summed E-state index contributed by atoms with van der Waals surface area (Å²) < 4.78 is 4.75. The van der Waals surface area contributed by atoms with Crippen molar-refractivity contribution in [1.29, 1.82) is 0 Å². The lowest BCUT2D eigenvalue weighted by Gasteiger charge is -2.10. The number of amides is 2. The second kappa shape index (κ2) is 7.38. The van der Waals surface area contributed by atoms with Crippen molar-refractivity contribution in [3.05, 3.63) is 24.3 Å². The Morgan fingerprint density at radius 2 is 1.68 bits per heavy atom. The predicted molar refractivity (Wildman–Crippen MR) is 74.0 cm³/mol. The van der Waals surface area contributed by atoms with E-state index in [1.54, 1.807) is 31.2 Å². The van der Waals surface area contributed by atoms with Crippen molar-refractivity contribution in [1.82, 2.24) is 0 Å². The summed E-state index contributed by atoms with van der Waals surface area (Å²) in [6, 6.07) is 6.19. The van der Waals surface area contributed by atoms with Crippen LogP contribution in [0.3, 0.4) is 0 Å². The highest BCUT2D eigenvalue weighted by Gasteiger charge is 2.10. The maximum atomic E-state index is 11.6. The van der Waals surface area contributed by atoms with Gasteiger partial charge in [-0.05, 0) is 37.6 Å². The first kappa shape index (κ1) is 15.0. The first-order valence-corrected chi connectivity index (χ1v) is 6.17. The van der Waals surface area contributed by atoms with E-state index >= 15 is 0 Å². The number of nitrogens with two attached hydrogens (primary N) is 1. The third-order valence-electron chi connectivity index (χ3n) is 2.45. The molecule has 0 saturated carbocycles. The van der Waals surface area contributed by atoms with Gasteiger partial charge in [-0.2, -0.15) is 0 Å². The van der Waals surface area contributed by atoms with Gasteiger partial charge in [-0.15, -0.1) is 0 Å². The van der Waals surface area contributed by atoms with Crippen LogP contribution in [0.15, 0.2) is 24.3 Å². The molecule has 0 aliphatic rings. The molecule has 0 spiro atoms. The minimum absolute atomic E-state index is 0.228. The molecule has 0 aromatic heterocycles. The number of anilines is 2. The summed E-state index contributed by atoms with van der Waals surface area (Å²) >= 11 is 0. The highest BCUT2D eigenvalue weighted by Crippen LogP contribution is 2.14. The standard InChI is InChI=1S/C13H19N3O3/c1-3-11(14)12(17)15-9-5-7-10(8-6-9)16-13(18)19-4-2/h5-8,11H,3-4,14H2,1-2H3,(H,15,17)(H,16,18)/t11-/m0/s1. The van der Waals surface area contributed by atoms with Crippen LogP contribution in [0.2, 0.25) is 0 Å². The minimum Gasteiger partial charge on any atom is -0.450 e. The molecule has 0 radical (unpaired) electrons. The van der Waals surface area contributed by atoms with E-state index in [2.05, 4.69) is 10.6 Å². The van der Waals surface area contributed by atoms with Crippen LogP contribution in [0.5, 0.6) is 0 Å². The minimum atomic E-state index is -0.516. The Kier molecular flexibility index (Phi) is 5.81. The van der Waals surface area contributed by atoms with E-state index < -0.39 is 12.1 Å². The van der Waals surface area contributed by atoms with Gasteiger partial charge in [-0.3, -0.25) is 10.1 Å². The molecule has 0 bridgehead atoms. The quantitative estimate of drug-likeness (QED) is 0.758. The molecular formula is C13H19N3O3. The lowest BCUT2D eigenvalue weighted by molar-refractivity contribution is -0.117. The van der Waals surface area contributed by atoms with E-state index in [1.807, 2.05) is 6.92 Å². The van der Waals surface area contributed by atoms with Gasteiger partial charge in [0.1, 0.15) is 0 Å². The molecule has 1 aromatic carbocycles. The third-order valence-corrected chi connectivity index (χ3v) is 2.45. The molecule has 0 aliphatic heterocycles. The molecule has 1 rings (SSSR count). The van der Waals surface area contributed by atoms with Gasteiger partial charge in [0.05, 0.1) is 12.6 Å². The average molecular weight is 265 g/mol. The molecule has 4 N–H and O–H groups in total. The number of carbonyl (C=O) groups excluding carboxylic acids is 2. The van der Waals surface area contributed by atoms with Crippen LogP contribution in [-0.4, -0.2) is 24.6 Å². The van der Waals surface area contributed by atoms with Crippen LogP contribution in [0.4, 0.5) is 16.2 Å². The van der Waals surface area contributed by atoms with Crippen molar-refractivity contribution < 1.29 is 14.3 Å². The smallest absolute Gasteiger partial charge is 0.411 e. The normalized spacial score (nSPS) is 11.5. The Labute approximate surface area is 112 Å². The van der Waals surface area contributed by atoms with Crippen LogP contribution in [0.1, 0.15) is 20.3 Å². The number of hydrogen-bond donors (Lipinski definition) is 3. The fraction of sp³-hybridized carbons (Fsp3) is 0.385. The van der Waals surface area contributed by atoms with Gasteiger partial charge in [0.2, 0.25) is 5.91 Å². The van der Waals surface area contributed by atoms with Gasteiger partial charge in [0.15, 0.2) is 0 Å². The van der Waals surface area contributed by atoms with Crippen LogP contribution in [-0.2, 0) is 9.53 Å². The molecule has 0 fully saturated rings. The number of carbonyl (C=O) groups is 2. The second-order valence-corrected chi connectivity index (χ2v) is 3.93. The molecule has 19 heavy (non-hydrogen) atoms. The molecule has 1 atom stereocenters. The van der Waals surface area contributed by atoms with Crippen molar-refractivity contribution in [3.63, 3.8) is 0 Å². The number of ether oxygens (including phenoxy) is 1. The Morgan fingerprint density at radius 1 is 1.16 bits per heavy atom. The molecule has 6 nitrogen and oxygen atoms in total. The highest BCUT2D eigenvalue weighted by atomic mass is 16.5. The number of nitrogens with one attached hydrogen (secondary N) is 2. The summed E-state index contributed by atoms with van der Waals surface area (Å²) in [7, 11) is 0. The van der Waals surface area contributed by atoms with Gasteiger partial charge in [0, 0.05) is 11.4 Å².